The van der Waals surface area contributed by atoms with Gasteiger partial charge in [0.2, 0.25) is 0 Å². The van der Waals surface area contributed by atoms with Crippen LogP contribution in [0.15, 0.2) is 207 Å². The Balaban J connectivity index is 1.49. The van der Waals surface area contributed by atoms with Crippen molar-refractivity contribution in [1.82, 2.24) is 0 Å². The van der Waals surface area contributed by atoms with E-state index in [-0.39, 0.29) is 5.92 Å². The number of benzene rings is 7. The first-order valence-electron chi connectivity index (χ1n) is 18.2. The molecule has 0 spiro atoms. The second kappa shape index (κ2) is 14.2. The fourth-order valence-electron chi connectivity index (χ4n) is 8.11. The summed E-state index contributed by atoms with van der Waals surface area (Å²) < 4.78 is 0. The maximum absolute atomic E-state index is 4.59. The molecular formula is C52H42. The highest BCUT2D eigenvalue weighted by atomic mass is 14.4. The number of allylic oxidation sites excluding steroid dienone is 3. The van der Waals surface area contributed by atoms with Crippen LogP contribution < -0.4 is 10.4 Å². The molecule has 0 amide bonds. The van der Waals surface area contributed by atoms with E-state index in [4.69, 9.17) is 0 Å². The Bertz CT molecular complexity index is 2410. The summed E-state index contributed by atoms with van der Waals surface area (Å²) in [5.41, 5.74) is 14.3. The standard InChI is InChI=1S/C52H42/c1-4-20-49-50(45-33-41(37-21-10-6-11-22-37)31-42(34-45)38-23-12-7-13-24-38)47-29-18-19-30-48(47)51(52(49,3)5-2)46-35-43(39-25-14-8-15-26-39)32-44(36-46)40-27-16-9-17-28-40/h4-36,49H,2H2,1,3H3/b20-4-/t49?,52-/m0/s1. The molecule has 0 saturated carbocycles. The van der Waals surface area contributed by atoms with Gasteiger partial charge in [-0.25, -0.2) is 0 Å². The summed E-state index contributed by atoms with van der Waals surface area (Å²) in [7, 11) is 0. The second-order valence-electron chi connectivity index (χ2n) is 13.9. The van der Waals surface area contributed by atoms with Gasteiger partial charge in [-0.05, 0) is 121 Å². The van der Waals surface area contributed by atoms with E-state index in [1.165, 1.54) is 77.2 Å². The first kappa shape index (κ1) is 32.9. The fraction of sp³-hybridized carbons (Fsp3) is 0.0769. The van der Waals surface area contributed by atoms with Crippen LogP contribution in [0.1, 0.15) is 25.0 Å². The van der Waals surface area contributed by atoms with E-state index in [0.29, 0.717) is 0 Å². The highest BCUT2D eigenvalue weighted by Crippen LogP contribution is 2.50. The summed E-state index contributed by atoms with van der Waals surface area (Å²) >= 11 is 0. The molecule has 1 unspecified atom stereocenters. The molecule has 0 aliphatic heterocycles. The topological polar surface area (TPSA) is 0 Å². The number of fused-ring (bicyclic) bond motifs is 1. The van der Waals surface area contributed by atoms with E-state index < -0.39 is 5.41 Å². The maximum atomic E-state index is 4.59. The van der Waals surface area contributed by atoms with Gasteiger partial charge in [0.1, 0.15) is 0 Å². The molecule has 0 nitrogen and oxygen atoms in total. The number of rotatable bonds is 8. The van der Waals surface area contributed by atoms with E-state index in [0.717, 1.165) is 0 Å². The van der Waals surface area contributed by atoms with E-state index >= 15 is 0 Å². The Hall–Kier alpha value is -6.24. The van der Waals surface area contributed by atoms with Crippen molar-refractivity contribution >= 4 is 11.1 Å². The van der Waals surface area contributed by atoms with Crippen molar-refractivity contribution in [3.05, 3.63) is 228 Å². The van der Waals surface area contributed by atoms with Gasteiger partial charge in [-0.2, -0.15) is 0 Å². The van der Waals surface area contributed by atoms with Crippen LogP contribution in [0.4, 0.5) is 0 Å². The molecule has 0 fully saturated rings. The Morgan fingerprint density at radius 1 is 0.423 bits per heavy atom. The average molecular weight is 667 g/mol. The van der Waals surface area contributed by atoms with Gasteiger partial charge in [-0.1, -0.05) is 171 Å². The summed E-state index contributed by atoms with van der Waals surface area (Å²) in [6, 6.07) is 66.2. The number of hydrogen-bond acceptors (Lipinski definition) is 0. The van der Waals surface area contributed by atoms with Gasteiger partial charge >= 0.3 is 0 Å². The lowest BCUT2D eigenvalue weighted by molar-refractivity contribution is 0.484. The van der Waals surface area contributed by atoms with Gasteiger partial charge in [-0.3, -0.25) is 0 Å². The normalized spacial score (nSPS) is 16.8. The molecule has 250 valence electrons. The Labute approximate surface area is 308 Å². The lowest BCUT2D eigenvalue weighted by atomic mass is 9.61. The zero-order valence-electron chi connectivity index (χ0n) is 29.8. The molecule has 0 saturated heterocycles. The van der Waals surface area contributed by atoms with Crippen molar-refractivity contribution in [2.75, 3.05) is 0 Å². The third kappa shape index (κ3) is 6.08. The third-order valence-corrected chi connectivity index (χ3v) is 10.7. The molecule has 1 aliphatic rings. The van der Waals surface area contributed by atoms with Gasteiger partial charge in [0.15, 0.2) is 0 Å². The molecule has 0 heterocycles. The molecule has 7 aromatic carbocycles. The third-order valence-electron chi connectivity index (χ3n) is 10.7. The first-order valence-corrected chi connectivity index (χ1v) is 18.2. The van der Waals surface area contributed by atoms with Crippen LogP contribution in [0.3, 0.4) is 0 Å². The second-order valence-corrected chi connectivity index (χ2v) is 13.9. The van der Waals surface area contributed by atoms with Gasteiger partial charge in [0, 0.05) is 11.3 Å². The molecule has 1 aliphatic carbocycles. The largest absolute Gasteiger partial charge is 0.102 e. The molecule has 2 atom stereocenters. The van der Waals surface area contributed by atoms with Crippen molar-refractivity contribution in [2.45, 2.75) is 13.8 Å². The van der Waals surface area contributed by atoms with Crippen LogP contribution in [0.2, 0.25) is 0 Å². The zero-order valence-corrected chi connectivity index (χ0v) is 29.8. The lowest BCUT2D eigenvalue weighted by Crippen LogP contribution is -2.44. The Kier molecular flexibility index (Phi) is 8.98. The van der Waals surface area contributed by atoms with Crippen molar-refractivity contribution in [1.29, 1.82) is 0 Å². The molecule has 0 radical (unpaired) electrons. The first-order chi connectivity index (χ1) is 25.6. The predicted molar refractivity (Wildman–Crippen MR) is 222 cm³/mol. The molecule has 0 bridgehead atoms. The number of hydrogen-bond donors (Lipinski definition) is 0. The van der Waals surface area contributed by atoms with Crippen molar-refractivity contribution < 1.29 is 0 Å². The summed E-state index contributed by atoms with van der Waals surface area (Å²) in [5, 5.41) is 2.51. The minimum Gasteiger partial charge on any atom is -0.102 e. The van der Waals surface area contributed by atoms with Crippen LogP contribution in [0.25, 0.3) is 55.7 Å². The molecule has 0 aromatic heterocycles. The van der Waals surface area contributed by atoms with Crippen LogP contribution in [-0.4, -0.2) is 0 Å². The summed E-state index contributed by atoms with van der Waals surface area (Å²) in [6.07, 6.45) is 6.80. The zero-order chi connectivity index (χ0) is 35.5. The molecule has 8 rings (SSSR count). The van der Waals surface area contributed by atoms with Gasteiger partial charge in [0.25, 0.3) is 0 Å². The van der Waals surface area contributed by atoms with Gasteiger partial charge < -0.3 is 0 Å². The maximum Gasteiger partial charge on any atom is 0.0217 e. The van der Waals surface area contributed by atoms with E-state index in [9.17, 15) is 0 Å². The van der Waals surface area contributed by atoms with Crippen LogP contribution in [0.5, 0.6) is 0 Å². The Morgan fingerprint density at radius 2 is 0.769 bits per heavy atom. The van der Waals surface area contributed by atoms with Crippen LogP contribution in [0, 0.1) is 11.3 Å². The molecule has 52 heavy (non-hydrogen) atoms. The average Bonchev–Trinajstić information content (AvgIpc) is 3.22. The van der Waals surface area contributed by atoms with Crippen LogP contribution >= 0.6 is 0 Å². The molecular weight excluding hydrogens is 625 g/mol. The highest BCUT2D eigenvalue weighted by molar-refractivity contribution is 5.88. The quantitative estimate of drug-likeness (QED) is 0.142. The molecule has 0 heteroatoms. The summed E-state index contributed by atoms with van der Waals surface area (Å²) in [6.45, 7) is 9.11. The van der Waals surface area contributed by atoms with E-state index in [1.807, 2.05) is 0 Å². The Morgan fingerprint density at radius 3 is 1.15 bits per heavy atom. The lowest BCUT2D eigenvalue weighted by Gasteiger charge is -2.41. The van der Waals surface area contributed by atoms with Gasteiger partial charge in [0.05, 0.1) is 0 Å². The van der Waals surface area contributed by atoms with E-state index in [2.05, 4.69) is 221 Å². The smallest absolute Gasteiger partial charge is 0.0217 e. The van der Waals surface area contributed by atoms with Crippen molar-refractivity contribution in [3.8, 4) is 44.5 Å². The summed E-state index contributed by atoms with van der Waals surface area (Å²) in [5.74, 6) is 0.0232. The highest BCUT2D eigenvalue weighted by Gasteiger charge is 2.40. The predicted octanol–water partition coefficient (Wildman–Crippen LogP) is 12.2. The summed E-state index contributed by atoms with van der Waals surface area (Å²) in [4.78, 5) is 0. The fourth-order valence-corrected chi connectivity index (χ4v) is 8.11. The van der Waals surface area contributed by atoms with Crippen molar-refractivity contribution in [2.24, 2.45) is 11.3 Å². The molecule has 7 aromatic rings. The monoisotopic (exact) mass is 666 g/mol. The van der Waals surface area contributed by atoms with Crippen LogP contribution in [-0.2, 0) is 0 Å². The van der Waals surface area contributed by atoms with Gasteiger partial charge in [-0.15, -0.1) is 6.58 Å². The molecule has 0 N–H and O–H groups in total. The van der Waals surface area contributed by atoms with E-state index in [1.54, 1.807) is 0 Å². The SMILES string of the molecule is C=C[C@]1(C)C(c2cc(-c3ccccc3)cc(-c3ccccc3)c2)=c2ccccc2=C(c2cc(-c3ccccc3)cc(-c3ccccc3)c2)C1/C=C\C. The van der Waals surface area contributed by atoms with Crippen molar-refractivity contribution in [3.63, 3.8) is 0 Å². The minimum atomic E-state index is -0.435. The minimum absolute atomic E-state index is 0.0232.